The number of aromatic nitrogens is 1. The van der Waals surface area contributed by atoms with Gasteiger partial charge in [0.25, 0.3) is 0 Å². The van der Waals surface area contributed by atoms with Gasteiger partial charge in [0.2, 0.25) is 11.8 Å². The lowest BCUT2D eigenvalue weighted by Crippen LogP contribution is -2.78. The number of hydrogen-bond acceptors (Lipinski definition) is 9. The number of carbonyl (C=O) groups is 5. The summed E-state index contributed by atoms with van der Waals surface area (Å²) in [5.74, 6) is -1.21. The maximum Gasteiger partial charge on any atom is 0.413 e. The number of amides is 5. The lowest BCUT2D eigenvalue weighted by Gasteiger charge is -2.57. The van der Waals surface area contributed by atoms with Gasteiger partial charge in [0, 0.05) is 38.1 Å². The number of esters is 1. The van der Waals surface area contributed by atoms with E-state index < -0.39 is 42.4 Å². The predicted octanol–water partition coefficient (Wildman–Crippen LogP) is 5.66. The van der Waals surface area contributed by atoms with Crippen LogP contribution >= 0.6 is 0 Å². The zero-order valence-corrected chi connectivity index (χ0v) is 34.1. The number of likely N-dealkylation sites (N-methyl/N-ethyl adjacent to an activating group) is 1. The van der Waals surface area contributed by atoms with Crippen molar-refractivity contribution in [3.63, 3.8) is 0 Å². The Hall–Kier alpha value is -6.80. The van der Waals surface area contributed by atoms with Crippen molar-refractivity contribution in [1.82, 2.24) is 35.4 Å². The first-order valence-electron chi connectivity index (χ1n) is 20.0. The van der Waals surface area contributed by atoms with Crippen molar-refractivity contribution in [3.8, 4) is 5.75 Å². The van der Waals surface area contributed by atoms with Crippen molar-refractivity contribution in [2.45, 2.75) is 71.2 Å². The van der Waals surface area contributed by atoms with Crippen molar-refractivity contribution in [2.75, 3.05) is 13.6 Å². The zero-order chi connectivity index (χ0) is 42.3. The summed E-state index contributed by atoms with van der Waals surface area (Å²) in [6.45, 7) is 5.88. The Morgan fingerprint density at radius 3 is 2.22 bits per heavy atom. The fourth-order valence-corrected chi connectivity index (χ4v) is 7.80. The molecule has 310 valence electrons. The number of piperazine rings is 1. The van der Waals surface area contributed by atoms with E-state index in [1.54, 1.807) is 71.2 Å². The number of nitrogens with zero attached hydrogens (tertiary/aromatic N) is 5. The van der Waals surface area contributed by atoms with Crippen LogP contribution in [-0.4, -0.2) is 92.6 Å². The van der Waals surface area contributed by atoms with Crippen molar-refractivity contribution < 1.29 is 33.4 Å². The molecule has 5 aromatic rings. The highest BCUT2D eigenvalue weighted by molar-refractivity contribution is 5.92. The Kier molecular flexibility index (Phi) is 12.7. The van der Waals surface area contributed by atoms with E-state index in [0.717, 1.165) is 27.6 Å². The molecule has 2 aliphatic heterocycles. The van der Waals surface area contributed by atoms with Crippen LogP contribution in [-0.2, 0) is 45.2 Å². The summed E-state index contributed by atoms with van der Waals surface area (Å²) in [6.07, 6.45) is 0.171. The van der Waals surface area contributed by atoms with Crippen LogP contribution in [0.15, 0.2) is 121 Å². The number of rotatable bonds is 12. The molecule has 0 aliphatic carbocycles. The van der Waals surface area contributed by atoms with Gasteiger partial charge in [-0.3, -0.25) is 14.6 Å². The van der Waals surface area contributed by atoms with Crippen LogP contribution in [0.3, 0.4) is 0 Å². The number of para-hydroxylation sites is 1. The van der Waals surface area contributed by atoms with Crippen LogP contribution in [0.4, 0.5) is 9.59 Å². The van der Waals surface area contributed by atoms with E-state index in [4.69, 9.17) is 9.47 Å². The summed E-state index contributed by atoms with van der Waals surface area (Å²) in [7, 11) is 1.69. The summed E-state index contributed by atoms with van der Waals surface area (Å²) in [6, 6.07) is 32.2. The highest BCUT2D eigenvalue weighted by Crippen LogP contribution is 2.33. The number of nitrogens with one attached hydrogen (secondary N) is 2. The van der Waals surface area contributed by atoms with Crippen LogP contribution in [0.2, 0.25) is 0 Å². The molecule has 4 atom stereocenters. The average molecular weight is 812 g/mol. The van der Waals surface area contributed by atoms with Crippen LogP contribution in [0, 0.1) is 5.92 Å². The summed E-state index contributed by atoms with van der Waals surface area (Å²) < 4.78 is 11.0. The van der Waals surface area contributed by atoms with E-state index in [2.05, 4.69) is 15.6 Å². The number of pyridine rings is 1. The van der Waals surface area contributed by atoms with Crippen molar-refractivity contribution in [1.29, 1.82) is 0 Å². The Morgan fingerprint density at radius 2 is 1.52 bits per heavy atom. The smallest absolute Gasteiger partial charge is 0.413 e. The van der Waals surface area contributed by atoms with Crippen LogP contribution < -0.4 is 15.4 Å². The second-order valence-corrected chi connectivity index (χ2v) is 15.4. The second kappa shape index (κ2) is 18.4. The highest BCUT2D eigenvalue weighted by Gasteiger charge is 2.54. The molecule has 2 aliphatic rings. The third-order valence-corrected chi connectivity index (χ3v) is 10.9. The van der Waals surface area contributed by atoms with Gasteiger partial charge >= 0.3 is 18.1 Å². The SMILES string of the molecule is CC(C)C(NC(=O)Oc1ccc(C[C@H]2C(=O)N(Cc3cccc4cccnc34)[C@@H](C)C3N2C(=O)CN(C)N3C(=O)NCc2ccccc2)cc1)C(=O)OCc1ccccc1. The number of fused-ring (bicyclic) bond motifs is 2. The molecule has 0 spiro atoms. The Balaban J connectivity index is 1.11. The fourth-order valence-electron chi connectivity index (χ4n) is 7.80. The van der Waals surface area contributed by atoms with E-state index in [0.29, 0.717) is 5.56 Å². The van der Waals surface area contributed by atoms with E-state index in [1.165, 1.54) is 0 Å². The molecule has 3 heterocycles. The quantitative estimate of drug-likeness (QED) is 0.152. The number of hydrazine groups is 1. The summed E-state index contributed by atoms with van der Waals surface area (Å²) in [5, 5.41) is 9.71. The first-order valence-corrected chi connectivity index (χ1v) is 20.0. The van der Waals surface area contributed by atoms with E-state index in [-0.39, 0.29) is 56.1 Å². The van der Waals surface area contributed by atoms with Crippen LogP contribution in [0.5, 0.6) is 5.75 Å². The van der Waals surface area contributed by atoms with E-state index >= 15 is 0 Å². The largest absolute Gasteiger partial charge is 0.459 e. The zero-order valence-electron chi connectivity index (χ0n) is 34.1. The van der Waals surface area contributed by atoms with Crippen LogP contribution in [0.1, 0.15) is 43.0 Å². The lowest BCUT2D eigenvalue weighted by molar-refractivity contribution is -0.196. The molecule has 14 heteroatoms. The molecule has 5 amide bonds. The molecule has 0 saturated carbocycles. The van der Waals surface area contributed by atoms with Gasteiger partial charge < -0.3 is 29.9 Å². The number of urea groups is 1. The number of carbonyl (C=O) groups excluding carboxylic acids is 5. The Morgan fingerprint density at radius 1 is 0.833 bits per heavy atom. The number of hydrogen-bond donors (Lipinski definition) is 2. The van der Waals surface area contributed by atoms with E-state index in [9.17, 15) is 24.0 Å². The fraction of sp³-hybridized carbons (Fsp3) is 0.304. The topological polar surface area (TPSA) is 154 Å². The third-order valence-electron chi connectivity index (χ3n) is 10.9. The number of benzene rings is 4. The molecule has 60 heavy (non-hydrogen) atoms. The minimum atomic E-state index is -0.969. The molecule has 2 saturated heterocycles. The van der Waals surface area contributed by atoms with Gasteiger partial charge in [0.15, 0.2) is 0 Å². The molecule has 0 radical (unpaired) electrons. The molecule has 2 unspecified atom stereocenters. The lowest BCUT2D eigenvalue weighted by atomic mass is 9.94. The maximum atomic E-state index is 14.8. The number of ether oxygens (including phenoxy) is 2. The monoisotopic (exact) mass is 811 g/mol. The van der Waals surface area contributed by atoms with Crippen LogP contribution in [0.25, 0.3) is 10.9 Å². The minimum Gasteiger partial charge on any atom is -0.459 e. The highest BCUT2D eigenvalue weighted by atomic mass is 16.6. The van der Waals surface area contributed by atoms with Crippen molar-refractivity contribution >= 4 is 40.8 Å². The van der Waals surface area contributed by atoms with Gasteiger partial charge in [0.1, 0.15) is 30.6 Å². The molecule has 7 rings (SSSR count). The minimum absolute atomic E-state index is 0.0710. The standard InChI is InChI=1S/C46H49N7O7/c1-30(2)40(44(56)59-29-34-15-9-6-10-16-34)49-46(58)60-37-22-20-32(21-23-37)25-38-43(55)51(27-36-18-11-17-35-19-12-24-47-41(35)36)31(3)42-52(38)39(54)28-50(4)53(42)45(57)48-26-33-13-7-5-8-14-33/h5-24,30-31,38,40,42H,25-29H2,1-4H3,(H,48,57)(H,49,58)/t31-,38-,40?,42?/m0/s1. The molecule has 4 aromatic carbocycles. The first-order chi connectivity index (χ1) is 29.0. The van der Waals surface area contributed by atoms with E-state index in [1.807, 2.05) is 97.9 Å². The van der Waals surface area contributed by atoms with Gasteiger partial charge in [-0.05, 0) is 53.3 Å². The summed E-state index contributed by atoms with van der Waals surface area (Å²) >= 11 is 0. The van der Waals surface area contributed by atoms with Gasteiger partial charge in [-0.15, -0.1) is 0 Å². The second-order valence-electron chi connectivity index (χ2n) is 15.4. The molecule has 0 bridgehead atoms. The van der Waals surface area contributed by atoms with Gasteiger partial charge in [0.05, 0.1) is 18.1 Å². The Labute approximate surface area is 349 Å². The first kappa shape index (κ1) is 41.4. The summed E-state index contributed by atoms with van der Waals surface area (Å²) in [5.41, 5.74) is 4.03. The van der Waals surface area contributed by atoms with Crippen molar-refractivity contribution in [2.24, 2.45) is 5.92 Å². The normalized spacial score (nSPS) is 18.6. The molecule has 14 nitrogen and oxygen atoms in total. The third kappa shape index (κ3) is 9.24. The Bertz CT molecular complexity index is 2320. The molecule has 1 aromatic heterocycles. The molecular formula is C46H49N7O7. The van der Waals surface area contributed by atoms with Gasteiger partial charge in [-0.1, -0.05) is 111 Å². The molecule has 2 fully saturated rings. The van der Waals surface area contributed by atoms with Gasteiger partial charge in [-0.25, -0.2) is 24.4 Å². The average Bonchev–Trinajstić information content (AvgIpc) is 3.25. The maximum absolute atomic E-state index is 14.8. The van der Waals surface area contributed by atoms with Gasteiger partial charge in [-0.2, -0.15) is 0 Å². The molecular weight excluding hydrogens is 763 g/mol. The predicted molar refractivity (Wildman–Crippen MR) is 223 cm³/mol. The summed E-state index contributed by atoms with van der Waals surface area (Å²) in [4.78, 5) is 76.7. The molecule has 2 N–H and O–H groups in total. The van der Waals surface area contributed by atoms with Crippen molar-refractivity contribution in [3.05, 3.63) is 144 Å².